The Morgan fingerprint density at radius 3 is 2.86 bits per heavy atom. The molecule has 1 aliphatic carbocycles. The summed E-state index contributed by atoms with van der Waals surface area (Å²) in [4.78, 5) is 16.7. The first-order chi connectivity index (χ1) is 10.6. The average Bonchev–Trinajstić information content (AvgIpc) is 3.19. The first-order valence-electron chi connectivity index (χ1n) is 7.53. The molecule has 1 amide bonds. The number of carbonyl (C=O) groups is 1. The van der Waals surface area contributed by atoms with E-state index in [-0.39, 0.29) is 24.0 Å². The lowest BCUT2D eigenvalue weighted by Crippen LogP contribution is -2.44. The second-order valence-corrected chi connectivity index (χ2v) is 6.90. The molecule has 2 N–H and O–H groups in total. The minimum Gasteiger partial charge on any atom is -0.396 e. The molecule has 1 aliphatic rings. The molecule has 1 saturated carbocycles. The fourth-order valence-corrected chi connectivity index (χ4v) is 3.62. The molecule has 4 nitrogen and oxygen atoms in total. The van der Waals surface area contributed by atoms with E-state index in [1.54, 1.807) is 16.8 Å². The van der Waals surface area contributed by atoms with Gasteiger partial charge in [0.1, 0.15) is 0 Å². The lowest BCUT2D eigenvalue weighted by molar-refractivity contribution is 0.0830. The van der Waals surface area contributed by atoms with Gasteiger partial charge in [-0.25, -0.2) is 4.98 Å². The van der Waals surface area contributed by atoms with Gasteiger partial charge in [-0.05, 0) is 25.0 Å². The fourth-order valence-electron chi connectivity index (χ4n) is 3.06. The summed E-state index contributed by atoms with van der Waals surface area (Å²) in [5.74, 6) is -0.0728. The van der Waals surface area contributed by atoms with E-state index in [2.05, 4.69) is 10.3 Å². The van der Waals surface area contributed by atoms with Crippen molar-refractivity contribution in [3.8, 4) is 11.3 Å². The van der Waals surface area contributed by atoms with E-state index in [1.807, 2.05) is 36.6 Å². The van der Waals surface area contributed by atoms with E-state index < -0.39 is 0 Å². The summed E-state index contributed by atoms with van der Waals surface area (Å²) < 4.78 is 0. The number of nitrogens with one attached hydrogen (secondary N) is 1. The molecule has 116 valence electrons. The van der Waals surface area contributed by atoms with Crippen LogP contribution in [-0.4, -0.2) is 28.6 Å². The third-order valence-electron chi connectivity index (χ3n) is 4.62. The largest absolute Gasteiger partial charge is 0.396 e. The van der Waals surface area contributed by atoms with Crippen LogP contribution in [0.5, 0.6) is 0 Å². The number of nitrogens with zero attached hydrogens (tertiary/aromatic N) is 1. The van der Waals surface area contributed by atoms with Crippen molar-refractivity contribution in [3.05, 3.63) is 40.7 Å². The Morgan fingerprint density at radius 2 is 2.23 bits per heavy atom. The second kappa shape index (κ2) is 6.18. The zero-order valence-electron chi connectivity index (χ0n) is 12.6. The molecule has 1 heterocycles. The van der Waals surface area contributed by atoms with Gasteiger partial charge in [0.05, 0.1) is 17.8 Å². The van der Waals surface area contributed by atoms with Gasteiger partial charge < -0.3 is 10.4 Å². The van der Waals surface area contributed by atoms with Gasteiger partial charge in [0.15, 0.2) is 0 Å². The van der Waals surface area contributed by atoms with Gasteiger partial charge in [0.2, 0.25) is 0 Å². The van der Waals surface area contributed by atoms with E-state index in [0.717, 1.165) is 30.5 Å². The Balaban J connectivity index is 1.70. The van der Waals surface area contributed by atoms with E-state index in [1.165, 1.54) is 0 Å². The standard InChI is InChI=1S/C17H20N2O2S/c1-17(10-20)8-2-3-15(17)19-16(21)13-6-4-12(5-7-13)14-9-22-11-18-14/h4-7,9,11,15,20H,2-3,8,10H2,1H3,(H,19,21). The number of aliphatic hydroxyl groups excluding tert-OH is 1. The maximum absolute atomic E-state index is 12.4. The molecule has 2 aromatic rings. The van der Waals surface area contributed by atoms with E-state index in [4.69, 9.17) is 0 Å². The maximum atomic E-state index is 12.4. The minimum absolute atomic E-state index is 0.0446. The van der Waals surface area contributed by atoms with Crippen LogP contribution in [0.3, 0.4) is 0 Å². The first-order valence-corrected chi connectivity index (χ1v) is 8.47. The van der Waals surface area contributed by atoms with Crippen LogP contribution in [0.15, 0.2) is 35.2 Å². The molecule has 22 heavy (non-hydrogen) atoms. The van der Waals surface area contributed by atoms with Gasteiger partial charge in [-0.1, -0.05) is 25.5 Å². The molecule has 1 aromatic carbocycles. The van der Waals surface area contributed by atoms with Crippen molar-refractivity contribution in [3.63, 3.8) is 0 Å². The molecular weight excluding hydrogens is 296 g/mol. The van der Waals surface area contributed by atoms with Crippen molar-refractivity contribution in [2.24, 2.45) is 5.41 Å². The number of hydrogen-bond donors (Lipinski definition) is 2. The van der Waals surface area contributed by atoms with Crippen molar-refractivity contribution in [1.29, 1.82) is 0 Å². The number of aliphatic hydroxyl groups is 1. The van der Waals surface area contributed by atoms with Crippen LogP contribution in [-0.2, 0) is 0 Å². The Bertz CT molecular complexity index is 639. The van der Waals surface area contributed by atoms with Crippen LogP contribution in [0.1, 0.15) is 36.5 Å². The van der Waals surface area contributed by atoms with Crippen molar-refractivity contribution in [2.75, 3.05) is 6.61 Å². The van der Waals surface area contributed by atoms with E-state index >= 15 is 0 Å². The van der Waals surface area contributed by atoms with Gasteiger partial charge in [-0.15, -0.1) is 11.3 Å². The molecule has 2 unspecified atom stereocenters. The number of rotatable bonds is 4. The van der Waals surface area contributed by atoms with Crippen molar-refractivity contribution in [2.45, 2.75) is 32.2 Å². The third kappa shape index (κ3) is 2.91. The zero-order chi connectivity index (χ0) is 15.6. The Morgan fingerprint density at radius 1 is 1.45 bits per heavy atom. The topological polar surface area (TPSA) is 62.2 Å². The number of benzene rings is 1. The van der Waals surface area contributed by atoms with Crippen LogP contribution in [0.4, 0.5) is 0 Å². The lowest BCUT2D eigenvalue weighted by atomic mass is 9.85. The highest BCUT2D eigenvalue weighted by Gasteiger charge is 2.39. The quantitative estimate of drug-likeness (QED) is 0.911. The normalized spacial score (nSPS) is 24.4. The highest BCUT2D eigenvalue weighted by molar-refractivity contribution is 7.07. The highest BCUT2D eigenvalue weighted by atomic mass is 32.1. The fraction of sp³-hybridized carbons (Fsp3) is 0.412. The minimum atomic E-state index is -0.198. The average molecular weight is 316 g/mol. The maximum Gasteiger partial charge on any atom is 0.251 e. The van der Waals surface area contributed by atoms with Crippen LogP contribution < -0.4 is 5.32 Å². The molecule has 1 aromatic heterocycles. The lowest BCUT2D eigenvalue weighted by Gasteiger charge is -2.30. The van der Waals surface area contributed by atoms with Crippen LogP contribution in [0.25, 0.3) is 11.3 Å². The van der Waals surface area contributed by atoms with Gasteiger partial charge in [0, 0.05) is 28.0 Å². The molecule has 0 saturated heterocycles. The summed E-state index contributed by atoms with van der Waals surface area (Å²) in [5, 5.41) is 14.6. The van der Waals surface area contributed by atoms with Crippen molar-refractivity contribution >= 4 is 17.2 Å². The van der Waals surface area contributed by atoms with Crippen molar-refractivity contribution < 1.29 is 9.90 Å². The molecule has 0 spiro atoms. The van der Waals surface area contributed by atoms with Gasteiger partial charge in [0.25, 0.3) is 5.91 Å². The first kappa shape index (κ1) is 15.2. The molecule has 1 fully saturated rings. The predicted molar refractivity (Wildman–Crippen MR) is 87.8 cm³/mol. The number of amides is 1. The monoisotopic (exact) mass is 316 g/mol. The Labute approximate surface area is 134 Å². The number of aromatic nitrogens is 1. The molecule has 5 heteroatoms. The Kier molecular flexibility index (Phi) is 4.27. The van der Waals surface area contributed by atoms with Crippen LogP contribution in [0, 0.1) is 5.41 Å². The SMILES string of the molecule is CC1(CO)CCCC1NC(=O)c1ccc(-c2cscn2)cc1. The second-order valence-electron chi connectivity index (χ2n) is 6.18. The molecule has 3 rings (SSSR count). The van der Waals surface area contributed by atoms with Gasteiger partial charge in [-0.3, -0.25) is 4.79 Å². The predicted octanol–water partition coefficient (Wildman–Crippen LogP) is 3.09. The summed E-state index contributed by atoms with van der Waals surface area (Å²) in [5.41, 5.74) is 4.19. The van der Waals surface area contributed by atoms with Crippen LogP contribution in [0.2, 0.25) is 0 Å². The molecule has 0 aliphatic heterocycles. The molecule has 2 atom stereocenters. The summed E-state index contributed by atoms with van der Waals surface area (Å²) in [6.45, 7) is 2.15. The molecule has 0 bridgehead atoms. The van der Waals surface area contributed by atoms with Crippen molar-refractivity contribution in [1.82, 2.24) is 10.3 Å². The number of thiazole rings is 1. The smallest absolute Gasteiger partial charge is 0.251 e. The van der Waals surface area contributed by atoms with Gasteiger partial charge >= 0.3 is 0 Å². The zero-order valence-corrected chi connectivity index (χ0v) is 13.4. The summed E-state index contributed by atoms with van der Waals surface area (Å²) in [6.07, 6.45) is 2.93. The Hall–Kier alpha value is -1.72. The molecule has 0 radical (unpaired) electrons. The number of hydrogen-bond acceptors (Lipinski definition) is 4. The summed E-state index contributed by atoms with van der Waals surface area (Å²) >= 11 is 1.55. The summed E-state index contributed by atoms with van der Waals surface area (Å²) in [7, 11) is 0. The number of carbonyl (C=O) groups excluding carboxylic acids is 1. The summed E-state index contributed by atoms with van der Waals surface area (Å²) in [6, 6.07) is 7.54. The van der Waals surface area contributed by atoms with E-state index in [0.29, 0.717) is 5.56 Å². The highest BCUT2D eigenvalue weighted by Crippen LogP contribution is 2.37. The third-order valence-corrected chi connectivity index (χ3v) is 5.21. The van der Waals surface area contributed by atoms with Gasteiger partial charge in [-0.2, -0.15) is 0 Å². The van der Waals surface area contributed by atoms with Crippen LogP contribution >= 0.6 is 11.3 Å². The van der Waals surface area contributed by atoms with E-state index in [9.17, 15) is 9.90 Å². The molecular formula is C17H20N2O2S.